The van der Waals surface area contributed by atoms with Crippen LogP contribution in [-0.4, -0.2) is 9.97 Å². The molecule has 0 N–H and O–H groups in total. The van der Waals surface area contributed by atoms with E-state index in [2.05, 4.69) is 9.97 Å². The zero-order valence-corrected chi connectivity index (χ0v) is 13.9. The Hall–Kier alpha value is -2.44. The van der Waals surface area contributed by atoms with Gasteiger partial charge >= 0.3 is 0 Å². The van der Waals surface area contributed by atoms with Gasteiger partial charge in [0.25, 0.3) is 0 Å². The summed E-state index contributed by atoms with van der Waals surface area (Å²) in [6.07, 6.45) is 0. The van der Waals surface area contributed by atoms with Crippen LogP contribution in [0.2, 0.25) is 0 Å². The van der Waals surface area contributed by atoms with E-state index in [1.165, 1.54) is 11.3 Å². The summed E-state index contributed by atoms with van der Waals surface area (Å²) in [5.41, 5.74) is 1.71. The van der Waals surface area contributed by atoms with Crippen LogP contribution in [0.5, 0.6) is 0 Å². The largest absolute Gasteiger partial charge is 0.232 e. The molecule has 0 bridgehead atoms. The Bertz CT molecular complexity index is 897. The molecule has 0 fully saturated rings. The van der Waals surface area contributed by atoms with Crippen molar-refractivity contribution in [3.63, 3.8) is 0 Å². The maximum Gasteiger partial charge on any atom is 0.232 e. The van der Waals surface area contributed by atoms with Gasteiger partial charge in [-0.2, -0.15) is 8.78 Å². The summed E-state index contributed by atoms with van der Waals surface area (Å²) in [4.78, 5) is 8.69. The molecule has 0 atom stereocenters. The lowest BCUT2D eigenvalue weighted by Gasteiger charge is -1.94. The fourth-order valence-electron chi connectivity index (χ4n) is 2.33. The summed E-state index contributed by atoms with van der Waals surface area (Å²) >= 11 is 2.06. The molecule has 0 saturated heterocycles. The van der Waals surface area contributed by atoms with Crippen LogP contribution in [0.25, 0.3) is 31.7 Å². The highest BCUT2D eigenvalue weighted by molar-refractivity contribution is 7.22. The maximum atomic E-state index is 14.3. The Morgan fingerprint density at radius 3 is 1.92 bits per heavy atom. The first-order valence-electron chi connectivity index (χ1n) is 7.16. The molecule has 24 heavy (non-hydrogen) atoms. The molecule has 2 aromatic heterocycles. The van der Waals surface area contributed by atoms with Crippen molar-refractivity contribution in [1.82, 2.24) is 9.97 Å². The van der Waals surface area contributed by atoms with Gasteiger partial charge in [-0.25, -0.2) is 9.97 Å². The molecule has 0 aliphatic rings. The molecule has 4 aromatic rings. The predicted octanol–water partition coefficient (Wildman–Crippen LogP) is 5.88. The summed E-state index contributed by atoms with van der Waals surface area (Å²) in [7, 11) is 0. The van der Waals surface area contributed by atoms with Crippen molar-refractivity contribution < 1.29 is 8.78 Å². The van der Waals surface area contributed by atoms with Gasteiger partial charge in [-0.3, -0.25) is 0 Å². The van der Waals surface area contributed by atoms with E-state index < -0.39 is 11.1 Å². The van der Waals surface area contributed by atoms with Crippen LogP contribution >= 0.6 is 22.7 Å². The molecule has 0 radical (unpaired) electrons. The molecule has 6 heteroatoms. The third kappa shape index (κ3) is 2.74. The van der Waals surface area contributed by atoms with Crippen LogP contribution in [0.3, 0.4) is 0 Å². The van der Waals surface area contributed by atoms with Gasteiger partial charge in [0.1, 0.15) is 5.69 Å². The van der Waals surface area contributed by atoms with Gasteiger partial charge in [-0.05, 0) is 5.56 Å². The first-order valence-corrected chi connectivity index (χ1v) is 8.79. The van der Waals surface area contributed by atoms with Crippen molar-refractivity contribution in [2.24, 2.45) is 0 Å². The van der Waals surface area contributed by atoms with Crippen molar-refractivity contribution in [2.75, 3.05) is 0 Å². The van der Waals surface area contributed by atoms with E-state index in [4.69, 9.17) is 0 Å². The van der Waals surface area contributed by atoms with E-state index in [0.29, 0.717) is 20.5 Å². The maximum absolute atomic E-state index is 14.3. The average Bonchev–Trinajstić information content (AvgIpc) is 3.19. The Morgan fingerprint density at radius 1 is 0.667 bits per heavy atom. The summed E-state index contributed by atoms with van der Waals surface area (Å²) < 4.78 is 28.4. The molecule has 118 valence electrons. The molecule has 0 spiro atoms. The van der Waals surface area contributed by atoms with Gasteiger partial charge in [0.2, 0.25) is 11.1 Å². The Balaban J connectivity index is 1.76. The van der Waals surface area contributed by atoms with Crippen molar-refractivity contribution in [3.05, 3.63) is 71.7 Å². The number of benzene rings is 2. The van der Waals surface area contributed by atoms with Crippen LogP contribution in [-0.2, 0) is 0 Å². The predicted molar refractivity (Wildman–Crippen MR) is 94.0 cm³/mol. The summed E-state index contributed by atoms with van der Waals surface area (Å²) in [6.45, 7) is 0. The first-order chi connectivity index (χ1) is 11.7. The van der Waals surface area contributed by atoms with Gasteiger partial charge in [0.15, 0.2) is 10.0 Å². The van der Waals surface area contributed by atoms with Crippen LogP contribution in [0.15, 0.2) is 60.7 Å². The smallest absolute Gasteiger partial charge is 0.230 e. The van der Waals surface area contributed by atoms with E-state index in [-0.39, 0.29) is 5.69 Å². The highest BCUT2D eigenvalue weighted by Crippen LogP contribution is 2.38. The normalized spacial score (nSPS) is 10.9. The van der Waals surface area contributed by atoms with E-state index >= 15 is 0 Å². The Labute approximate surface area is 145 Å². The van der Waals surface area contributed by atoms with E-state index in [0.717, 1.165) is 16.9 Å². The monoisotopic (exact) mass is 356 g/mol. The molecule has 0 unspecified atom stereocenters. The lowest BCUT2D eigenvalue weighted by atomic mass is 10.2. The fourth-order valence-corrected chi connectivity index (χ4v) is 4.11. The van der Waals surface area contributed by atoms with E-state index in [9.17, 15) is 8.78 Å². The van der Waals surface area contributed by atoms with Gasteiger partial charge in [-0.1, -0.05) is 72.0 Å². The number of halogens is 2. The van der Waals surface area contributed by atoms with Crippen LogP contribution < -0.4 is 0 Å². The average molecular weight is 356 g/mol. The standard InChI is InChI=1S/C18H10F2N2S2/c19-15-14(12-9-5-2-6-10-12)23-18(22-15)17-21-13(16(20)24-17)11-7-3-1-4-8-11/h1-10H. The van der Waals surface area contributed by atoms with E-state index in [1.807, 2.05) is 48.5 Å². The second-order valence-electron chi connectivity index (χ2n) is 5.01. The second kappa shape index (κ2) is 6.22. The van der Waals surface area contributed by atoms with Gasteiger partial charge < -0.3 is 0 Å². The summed E-state index contributed by atoms with van der Waals surface area (Å²) in [5, 5.41) is 0.378. The molecular formula is C18H10F2N2S2. The van der Waals surface area contributed by atoms with Crippen LogP contribution in [0.1, 0.15) is 0 Å². The minimum atomic E-state index is -0.557. The molecule has 0 aliphatic heterocycles. The van der Waals surface area contributed by atoms with Crippen molar-refractivity contribution >= 4 is 22.7 Å². The minimum absolute atomic E-state index is 0.271. The minimum Gasteiger partial charge on any atom is -0.230 e. The SMILES string of the molecule is Fc1nc(-c2nc(-c3ccccc3)c(F)s2)sc1-c1ccccc1. The summed E-state index contributed by atoms with van der Waals surface area (Å²) in [5.74, 6) is -0.557. The highest BCUT2D eigenvalue weighted by atomic mass is 32.1. The summed E-state index contributed by atoms with van der Waals surface area (Å²) in [6, 6.07) is 18.3. The van der Waals surface area contributed by atoms with Crippen LogP contribution in [0, 0.1) is 11.1 Å². The van der Waals surface area contributed by atoms with Crippen LogP contribution in [0.4, 0.5) is 8.78 Å². The van der Waals surface area contributed by atoms with Gasteiger partial charge in [0, 0.05) is 5.56 Å². The number of hydrogen-bond acceptors (Lipinski definition) is 4. The lowest BCUT2D eigenvalue weighted by Crippen LogP contribution is -1.81. The Kier molecular flexibility index (Phi) is 3.92. The highest BCUT2D eigenvalue weighted by Gasteiger charge is 2.19. The van der Waals surface area contributed by atoms with Crippen molar-refractivity contribution in [3.8, 4) is 31.7 Å². The zero-order chi connectivity index (χ0) is 16.5. The lowest BCUT2D eigenvalue weighted by molar-refractivity contribution is 0.596. The molecule has 0 aliphatic carbocycles. The molecule has 2 aromatic carbocycles. The number of rotatable bonds is 3. The third-order valence-corrected chi connectivity index (χ3v) is 5.50. The van der Waals surface area contributed by atoms with Crippen molar-refractivity contribution in [2.45, 2.75) is 0 Å². The van der Waals surface area contributed by atoms with Crippen molar-refractivity contribution in [1.29, 1.82) is 0 Å². The number of hydrogen-bond donors (Lipinski definition) is 0. The number of thiazole rings is 2. The molecule has 2 heterocycles. The van der Waals surface area contributed by atoms with Gasteiger partial charge in [0.05, 0.1) is 4.88 Å². The number of aromatic nitrogens is 2. The fraction of sp³-hybridized carbons (Fsp3) is 0. The van der Waals surface area contributed by atoms with Gasteiger partial charge in [-0.15, -0.1) is 11.3 Å². The quantitative estimate of drug-likeness (QED) is 0.458. The topological polar surface area (TPSA) is 25.8 Å². The third-order valence-electron chi connectivity index (χ3n) is 3.44. The second-order valence-corrected chi connectivity index (χ2v) is 6.96. The molecule has 4 rings (SSSR count). The molecular weight excluding hydrogens is 346 g/mol. The first kappa shape index (κ1) is 15.1. The molecule has 0 saturated carbocycles. The molecule has 2 nitrogen and oxygen atoms in total. The molecule has 0 amide bonds. The zero-order valence-electron chi connectivity index (χ0n) is 12.2. The Morgan fingerprint density at radius 2 is 1.25 bits per heavy atom. The number of nitrogens with zero attached hydrogens (tertiary/aromatic N) is 2. The van der Waals surface area contributed by atoms with E-state index in [1.54, 1.807) is 12.1 Å².